The molecule has 7 nitrogen and oxygen atoms in total. The maximum atomic E-state index is 12.3. The third-order valence-corrected chi connectivity index (χ3v) is 3.99. The number of morpholine rings is 1. The number of benzene rings is 1. The van der Waals surface area contributed by atoms with Crippen molar-refractivity contribution in [3.05, 3.63) is 59.9 Å². The van der Waals surface area contributed by atoms with Crippen LogP contribution in [0.3, 0.4) is 0 Å². The molecule has 1 atom stereocenters. The number of anilines is 1. The first-order chi connectivity index (χ1) is 12.7. The van der Waals surface area contributed by atoms with Gasteiger partial charge in [-0.1, -0.05) is 12.1 Å². The molecule has 1 unspecified atom stereocenters. The monoisotopic (exact) mass is 426 g/mol. The highest BCUT2D eigenvalue weighted by molar-refractivity contribution is 5.97. The van der Waals surface area contributed by atoms with Crippen LogP contribution >= 0.6 is 24.8 Å². The Morgan fingerprint density at radius 1 is 1.18 bits per heavy atom. The van der Waals surface area contributed by atoms with Crippen LogP contribution in [0.15, 0.2) is 48.7 Å². The fraction of sp³-hybridized carbons (Fsp3) is 0.316. The summed E-state index contributed by atoms with van der Waals surface area (Å²) in [4.78, 5) is 28.6. The maximum Gasteiger partial charge on any atom is 0.251 e. The number of hydrogen-bond donors (Lipinski definition) is 3. The van der Waals surface area contributed by atoms with Crippen LogP contribution in [0.2, 0.25) is 0 Å². The van der Waals surface area contributed by atoms with Gasteiger partial charge in [0.05, 0.1) is 25.5 Å². The quantitative estimate of drug-likeness (QED) is 0.657. The van der Waals surface area contributed by atoms with E-state index in [1.807, 2.05) is 18.2 Å². The van der Waals surface area contributed by atoms with Crippen molar-refractivity contribution in [1.29, 1.82) is 0 Å². The molecule has 3 N–H and O–H groups in total. The lowest BCUT2D eigenvalue weighted by Gasteiger charge is -2.23. The van der Waals surface area contributed by atoms with Crippen molar-refractivity contribution in [3.8, 4) is 0 Å². The molecule has 2 amide bonds. The fourth-order valence-electron chi connectivity index (χ4n) is 2.70. The lowest BCUT2D eigenvalue weighted by Crippen LogP contribution is -2.43. The highest BCUT2D eigenvalue weighted by atomic mass is 35.5. The molecule has 1 fully saturated rings. The van der Waals surface area contributed by atoms with Gasteiger partial charge in [-0.2, -0.15) is 0 Å². The number of amides is 2. The third-order valence-electron chi connectivity index (χ3n) is 3.99. The smallest absolute Gasteiger partial charge is 0.251 e. The van der Waals surface area contributed by atoms with Crippen molar-refractivity contribution >= 4 is 42.3 Å². The summed E-state index contributed by atoms with van der Waals surface area (Å²) in [5, 5.41) is 8.89. The van der Waals surface area contributed by atoms with Crippen LogP contribution in [0.25, 0.3) is 0 Å². The molecule has 0 aliphatic carbocycles. The minimum atomic E-state index is -0.214. The molecule has 9 heteroatoms. The standard InChI is InChI=1S/C19H22N4O3.2ClH/c24-18(11-17-13-26-9-8-21-17)23-15-6-3-4-14(10-15)19(25)22-12-16-5-1-2-7-20-16;;/h1-7,10,17,21H,8-9,11-13H2,(H,22,25)(H,23,24);2*1H. The van der Waals surface area contributed by atoms with Gasteiger partial charge in [0.2, 0.25) is 5.91 Å². The third kappa shape index (κ3) is 7.44. The number of halogens is 2. The van der Waals surface area contributed by atoms with Crippen molar-refractivity contribution in [1.82, 2.24) is 15.6 Å². The normalized spacial score (nSPS) is 15.5. The zero-order valence-electron chi connectivity index (χ0n) is 15.2. The molecule has 1 saturated heterocycles. The summed E-state index contributed by atoms with van der Waals surface area (Å²) in [5.74, 6) is -0.326. The number of carbonyl (C=O) groups excluding carboxylic acids is 2. The van der Waals surface area contributed by atoms with Gasteiger partial charge in [0.15, 0.2) is 0 Å². The summed E-state index contributed by atoms with van der Waals surface area (Å²) < 4.78 is 5.35. The predicted molar refractivity (Wildman–Crippen MR) is 112 cm³/mol. The minimum Gasteiger partial charge on any atom is -0.378 e. The number of nitrogens with one attached hydrogen (secondary N) is 3. The number of nitrogens with zero attached hydrogens (tertiary/aromatic N) is 1. The first-order valence-electron chi connectivity index (χ1n) is 8.60. The predicted octanol–water partition coefficient (Wildman–Crippen LogP) is 2.17. The molecule has 0 bridgehead atoms. The van der Waals surface area contributed by atoms with Crippen molar-refractivity contribution < 1.29 is 14.3 Å². The number of carbonyl (C=O) groups is 2. The largest absolute Gasteiger partial charge is 0.378 e. The van der Waals surface area contributed by atoms with Gasteiger partial charge in [0.1, 0.15) is 0 Å². The van der Waals surface area contributed by atoms with Gasteiger partial charge in [-0.25, -0.2) is 0 Å². The van der Waals surface area contributed by atoms with E-state index < -0.39 is 0 Å². The molecule has 28 heavy (non-hydrogen) atoms. The van der Waals surface area contributed by atoms with Gasteiger partial charge < -0.3 is 20.7 Å². The van der Waals surface area contributed by atoms with Crippen LogP contribution in [0.5, 0.6) is 0 Å². The van der Waals surface area contributed by atoms with E-state index in [1.54, 1.807) is 30.5 Å². The van der Waals surface area contributed by atoms with Crippen LogP contribution in [-0.4, -0.2) is 42.6 Å². The first kappa shape index (κ1) is 23.8. The molecule has 1 aromatic heterocycles. The molecule has 0 spiro atoms. The van der Waals surface area contributed by atoms with E-state index in [-0.39, 0.29) is 42.7 Å². The molecule has 0 saturated carbocycles. The molecule has 152 valence electrons. The molecule has 3 rings (SSSR count). The van der Waals surface area contributed by atoms with E-state index in [0.717, 1.165) is 12.2 Å². The lowest BCUT2D eigenvalue weighted by atomic mass is 10.1. The number of aromatic nitrogens is 1. The van der Waals surface area contributed by atoms with Gasteiger partial charge >= 0.3 is 0 Å². The summed E-state index contributed by atoms with van der Waals surface area (Å²) in [6, 6.07) is 12.4. The van der Waals surface area contributed by atoms with Crippen molar-refractivity contribution in [2.24, 2.45) is 0 Å². The van der Waals surface area contributed by atoms with Gasteiger partial charge in [-0.3, -0.25) is 14.6 Å². The molecular weight excluding hydrogens is 403 g/mol. The Kier molecular flexibility index (Phi) is 10.5. The Balaban J connectivity index is 0.00000196. The van der Waals surface area contributed by atoms with E-state index in [9.17, 15) is 9.59 Å². The highest BCUT2D eigenvalue weighted by Crippen LogP contribution is 2.12. The van der Waals surface area contributed by atoms with E-state index in [4.69, 9.17) is 4.74 Å². The van der Waals surface area contributed by atoms with Gasteiger partial charge in [-0.15, -0.1) is 24.8 Å². The Bertz CT molecular complexity index is 756. The van der Waals surface area contributed by atoms with Crippen LogP contribution in [0, 0.1) is 0 Å². The first-order valence-corrected chi connectivity index (χ1v) is 8.60. The average Bonchev–Trinajstić information content (AvgIpc) is 2.68. The molecule has 1 aromatic carbocycles. The zero-order valence-corrected chi connectivity index (χ0v) is 16.9. The summed E-state index contributed by atoms with van der Waals surface area (Å²) >= 11 is 0. The second-order valence-corrected chi connectivity index (χ2v) is 6.06. The summed E-state index contributed by atoms with van der Waals surface area (Å²) in [6.07, 6.45) is 2.01. The Hall–Kier alpha value is -2.19. The Morgan fingerprint density at radius 2 is 2.04 bits per heavy atom. The molecule has 1 aliphatic rings. The van der Waals surface area contributed by atoms with E-state index in [2.05, 4.69) is 20.9 Å². The number of ether oxygens (including phenoxy) is 1. The molecule has 2 heterocycles. The van der Waals surface area contributed by atoms with Crippen molar-refractivity contribution in [3.63, 3.8) is 0 Å². The average molecular weight is 427 g/mol. The Labute approximate surface area is 176 Å². The molecule has 2 aromatic rings. The van der Waals surface area contributed by atoms with Crippen LogP contribution in [0.1, 0.15) is 22.5 Å². The SMILES string of the molecule is Cl.Cl.O=C(CC1COCCN1)Nc1cccc(C(=O)NCc2ccccn2)c1. The molecular formula is C19H24Cl2N4O3. The number of rotatable bonds is 6. The van der Waals surface area contributed by atoms with Crippen LogP contribution in [-0.2, 0) is 16.1 Å². The second-order valence-electron chi connectivity index (χ2n) is 6.06. The van der Waals surface area contributed by atoms with E-state index >= 15 is 0 Å². The molecule has 1 aliphatic heterocycles. The highest BCUT2D eigenvalue weighted by Gasteiger charge is 2.17. The molecule has 0 radical (unpaired) electrons. The lowest BCUT2D eigenvalue weighted by molar-refractivity contribution is -0.117. The zero-order chi connectivity index (χ0) is 18.2. The van der Waals surface area contributed by atoms with Crippen molar-refractivity contribution in [2.45, 2.75) is 19.0 Å². The van der Waals surface area contributed by atoms with Crippen LogP contribution in [0.4, 0.5) is 5.69 Å². The van der Waals surface area contributed by atoms with Gasteiger partial charge in [0, 0.05) is 36.5 Å². The minimum absolute atomic E-state index is 0. The maximum absolute atomic E-state index is 12.3. The van der Waals surface area contributed by atoms with E-state index in [1.165, 1.54) is 0 Å². The summed E-state index contributed by atoms with van der Waals surface area (Å²) in [5.41, 5.74) is 1.86. The summed E-state index contributed by atoms with van der Waals surface area (Å²) in [7, 11) is 0. The topological polar surface area (TPSA) is 92.4 Å². The van der Waals surface area contributed by atoms with Gasteiger partial charge in [-0.05, 0) is 30.3 Å². The van der Waals surface area contributed by atoms with Crippen molar-refractivity contribution in [2.75, 3.05) is 25.1 Å². The number of hydrogen-bond acceptors (Lipinski definition) is 5. The van der Waals surface area contributed by atoms with E-state index in [0.29, 0.717) is 37.4 Å². The Morgan fingerprint density at radius 3 is 2.75 bits per heavy atom. The fourth-order valence-corrected chi connectivity index (χ4v) is 2.70. The number of pyridine rings is 1. The summed E-state index contributed by atoms with van der Waals surface area (Å²) in [6.45, 7) is 2.31. The van der Waals surface area contributed by atoms with Crippen LogP contribution < -0.4 is 16.0 Å². The second kappa shape index (κ2) is 12.3. The van der Waals surface area contributed by atoms with Gasteiger partial charge in [0.25, 0.3) is 5.91 Å².